The SMILES string of the molecule is CC(NC(=O)C(N)Cc1c[nH]c2ccccc12)C(=O)N1CCCC1C(=O)NC(C(=O)O)C(C)O. The number of hydrogen-bond acceptors (Lipinski definition) is 6. The minimum atomic E-state index is -1.48. The fourth-order valence-electron chi connectivity index (χ4n) is 4.20. The molecular weight excluding hydrogens is 442 g/mol. The van der Waals surface area contributed by atoms with Gasteiger partial charge in [0.25, 0.3) is 0 Å². The van der Waals surface area contributed by atoms with Crippen LogP contribution in [0.4, 0.5) is 0 Å². The first kappa shape index (κ1) is 25.2. The van der Waals surface area contributed by atoms with E-state index in [0.717, 1.165) is 16.5 Å². The Labute approximate surface area is 196 Å². The maximum atomic E-state index is 13.0. The Bertz CT molecular complexity index is 1070. The highest BCUT2D eigenvalue weighted by atomic mass is 16.4. The Balaban J connectivity index is 1.59. The van der Waals surface area contributed by atoms with Crippen molar-refractivity contribution < 1.29 is 29.4 Å². The Morgan fingerprint density at radius 2 is 1.91 bits per heavy atom. The number of carboxylic acids is 1. The number of nitrogens with two attached hydrogens (primary N) is 1. The quantitative estimate of drug-likeness (QED) is 0.284. The van der Waals surface area contributed by atoms with E-state index >= 15 is 0 Å². The summed E-state index contributed by atoms with van der Waals surface area (Å²) < 4.78 is 0. The van der Waals surface area contributed by atoms with Gasteiger partial charge >= 0.3 is 5.97 Å². The van der Waals surface area contributed by atoms with E-state index in [1.54, 1.807) is 6.20 Å². The summed E-state index contributed by atoms with van der Waals surface area (Å²) in [5, 5.41) is 24.7. The van der Waals surface area contributed by atoms with E-state index in [4.69, 9.17) is 5.73 Å². The van der Waals surface area contributed by atoms with Crippen LogP contribution in [0.1, 0.15) is 32.3 Å². The van der Waals surface area contributed by atoms with Crippen LogP contribution in [-0.2, 0) is 25.6 Å². The fraction of sp³-hybridized carbons (Fsp3) is 0.478. The largest absolute Gasteiger partial charge is 0.480 e. The normalized spacial score (nSPS) is 19.3. The van der Waals surface area contributed by atoms with E-state index in [1.807, 2.05) is 24.3 Å². The van der Waals surface area contributed by atoms with E-state index in [2.05, 4.69) is 15.6 Å². The molecule has 1 aromatic carbocycles. The number of rotatable bonds is 9. The van der Waals surface area contributed by atoms with Gasteiger partial charge in [-0.05, 0) is 44.7 Å². The third kappa shape index (κ3) is 5.54. The molecule has 34 heavy (non-hydrogen) atoms. The van der Waals surface area contributed by atoms with Crippen LogP contribution in [-0.4, -0.2) is 80.6 Å². The molecule has 5 unspecified atom stereocenters. The van der Waals surface area contributed by atoms with Crippen molar-refractivity contribution in [3.05, 3.63) is 36.0 Å². The summed E-state index contributed by atoms with van der Waals surface area (Å²) in [6, 6.07) is 3.49. The summed E-state index contributed by atoms with van der Waals surface area (Å²) in [6.45, 7) is 3.07. The van der Waals surface area contributed by atoms with Crippen LogP contribution in [0.15, 0.2) is 30.5 Å². The zero-order valence-electron chi connectivity index (χ0n) is 19.2. The molecule has 1 aromatic heterocycles. The third-order valence-electron chi connectivity index (χ3n) is 6.07. The molecule has 0 aliphatic carbocycles. The molecule has 3 rings (SSSR count). The second kappa shape index (κ2) is 10.7. The van der Waals surface area contributed by atoms with Crippen LogP contribution in [0.5, 0.6) is 0 Å². The lowest BCUT2D eigenvalue weighted by atomic mass is 10.0. The summed E-state index contributed by atoms with van der Waals surface area (Å²) in [5.74, 6) is -2.99. The number of amides is 3. The molecule has 2 aromatic rings. The van der Waals surface area contributed by atoms with Crippen molar-refractivity contribution in [1.82, 2.24) is 20.5 Å². The molecule has 11 nitrogen and oxygen atoms in total. The number of nitrogens with zero attached hydrogens (tertiary/aromatic N) is 1. The Morgan fingerprint density at radius 1 is 1.21 bits per heavy atom. The molecule has 1 aliphatic rings. The highest BCUT2D eigenvalue weighted by molar-refractivity contribution is 5.94. The van der Waals surface area contributed by atoms with Gasteiger partial charge in [-0.3, -0.25) is 14.4 Å². The Morgan fingerprint density at radius 3 is 2.59 bits per heavy atom. The number of hydrogen-bond donors (Lipinski definition) is 6. The number of aliphatic hydroxyl groups excluding tert-OH is 1. The second-order valence-corrected chi connectivity index (χ2v) is 8.66. The van der Waals surface area contributed by atoms with Crippen molar-refractivity contribution in [2.24, 2.45) is 5.73 Å². The summed E-state index contributed by atoms with van der Waals surface area (Å²) in [5.41, 5.74) is 7.92. The number of fused-ring (bicyclic) bond motifs is 1. The van der Waals surface area contributed by atoms with E-state index in [1.165, 1.54) is 18.7 Å². The van der Waals surface area contributed by atoms with Crippen molar-refractivity contribution in [3.8, 4) is 0 Å². The van der Waals surface area contributed by atoms with Crippen LogP contribution in [0.3, 0.4) is 0 Å². The number of para-hydroxylation sites is 1. The molecular formula is C23H31N5O6. The lowest BCUT2D eigenvalue weighted by molar-refractivity contribution is -0.147. The number of nitrogens with one attached hydrogen (secondary N) is 3. The summed E-state index contributed by atoms with van der Waals surface area (Å²) >= 11 is 0. The van der Waals surface area contributed by atoms with Crippen LogP contribution in [0, 0.1) is 0 Å². The number of carbonyl (C=O) groups is 4. The van der Waals surface area contributed by atoms with Crippen LogP contribution in [0.25, 0.3) is 10.9 Å². The molecule has 0 bridgehead atoms. The predicted molar refractivity (Wildman–Crippen MR) is 124 cm³/mol. The van der Waals surface area contributed by atoms with Gasteiger partial charge in [-0.25, -0.2) is 4.79 Å². The number of likely N-dealkylation sites (tertiary alicyclic amines) is 1. The fourth-order valence-corrected chi connectivity index (χ4v) is 4.20. The molecule has 2 heterocycles. The Kier molecular flexibility index (Phi) is 7.90. The standard InChI is InChI=1S/C23H31N5O6/c1-12(26-20(30)16(24)10-14-11-25-17-7-4-3-6-15(14)17)22(32)28-9-5-8-18(28)21(31)27-19(13(2)29)23(33)34/h3-4,6-7,11-13,16,18-19,25,29H,5,8-10,24H2,1-2H3,(H,26,30)(H,27,31)(H,33,34). The number of aliphatic carboxylic acids is 1. The summed E-state index contributed by atoms with van der Waals surface area (Å²) in [6.07, 6.45) is 1.68. The minimum absolute atomic E-state index is 0.279. The number of aromatic amines is 1. The van der Waals surface area contributed by atoms with Crippen LogP contribution < -0.4 is 16.4 Å². The number of benzene rings is 1. The van der Waals surface area contributed by atoms with Gasteiger partial charge in [-0.1, -0.05) is 18.2 Å². The summed E-state index contributed by atoms with van der Waals surface area (Å²) in [7, 11) is 0. The average molecular weight is 474 g/mol. The van der Waals surface area contributed by atoms with E-state index in [-0.39, 0.29) is 6.42 Å². The number of aliphatic hydroxyl groups is 1. The number of carboxylic acid groups (broad SMARTS) is 1. The van der Waals surface area contributed by atoms with Gasteiger partial charge < -0.3 is 36.5 Å². The molecule has 3 amide bonds. The van der Waals surface area contributed by atoms with E-state index in [9.17, 15) is 29.4 Å². The monoisotopic (exact) mass is 473 g/mol. The van der Waals surface area contributed by atoms with E-state index in [0.29, 0.717) is 19.4 Å². The zero-order valence-corrected chi connectivity index (χ0v) is 19.2. The summed E-state index contributed by atoms with van der Waals surface area (Å²) in [4.78, 5) is 54.0. The molecule has 0 radical (unpaired) electrons. The minimum Gasteiger partial charge on any atom is -0.480 e. The number of aromatic nitrogens is 1. The van der Waals surface area contributed by atoms with Crippen molar-refractivity contribution in [2.75, 3.05) is 6.54 Å². The van der Waals surface area contributed by atoms with Gasteiger partial charge in [0.1, 0.15) is 12.1 Å². The molecule has 5 atom stereocenters. The predicted octanol–water partition coefficient (Wildman–Crippen LogP) is -0.516. The van der Waals surface area contributed by atoms with Crippen molar-refractivity contribution in [1.29, 1.82) is 0 Å². The molecule has 0 saturated carbocycles. The lowest BCUT2D eigenvalue weighted by Gasteiger charge is -2.29. The Hall–Kier alpha value is -3.44. The van der Waals surface area contributed by atoms with Gasteiger partial charge in [-0.15, -0.1) is 0 Å². The van der Waals surface area contributed by atoms with Gasteiger partial charge in [0.15, 0.2) is 6.04 Å². The van der Waals surface area contributed by atoms with Crippen LogP contribution in [0.2, 0.25) is 0 Å². The molecule has 7 N–H and O–H groups in total. The van der Waals surface area contributed by atoms with Gasteiger partial charge in [-0.2, -0.15) is 0 Å². The highest BCUT2D eigenvalue weighted by Crippen LogP contribution is 2.20. The third-order valence-corrected chi connectivity index (χ3v) is 6.07. The molecule has 1 fully saturated rings. The smallest absolute Gasteiger partial charge is 0.328 e. The van der Waals surface area contributed by atoms with E-state index < -0.39 is 54.0 Å². The number of H-pyrrole nitrogens is 1. The molecule has 0 spiro atoms. The molecule has 1 aliphatic heterocycles. The highest BCUT2D eigenvalue weighted by Gasteiger charge is 2.38. The van der Waals surface area contributed by atoms with Gasteiger partial charge in [0.2, 0.25) is 17.7 Å². The van der Waals surface area contributed by atoms with Gasteiger partial charge in [0.05, 0.1) is 12.1 Å². The molecule has 184 valence electrons. The average Bonchev–Trinajstić information content (AvgIpc) is 3.44. The topological polar surface area (TPSA) is 178 Å². The zero-order chi connectivity index (χ0) is 25.0. The van der Waals surface area contributed by atoms with Crippen molar-refractivity contribution in [2.45, 2.75) is 63.4 Å². The first-order valence-electron chi connectivity index (χ1n) is 11.2. The molecule has 11 heteroatoms. The molecule has 1 saturated heterocycles. The van der Waals surface area contributed by atoms with Crippen molar-refractivity contribution >= 4 is 34.6 Å². The van der Waals surface area contributed by atoms with Gasteiger partial charge in [0, 0.05) is 23.6 Å². The second-order valence-electron chi connectivity index (χ2n) is 8.66. The first-order valence-corrected chi connectivity index (χ1v) is 11.2. The number of carbonyl (C=O) groups excluding carboxylic acids is 3. The maximum Gasteiger partial charge on any atom is 0.328 e. The van der Waals surface area contributed by atoms with Crippen molar-refractivity contribution in [3.63, 3.8) is 0 Å². The van der Waals surface area contributed by atoms with Crippen LogP contribution >= 0.6 is 0 Å². The maximum absolute atomic E-state index is 13.0. The lowest BCUT2D eigenvalue weighted by Crippen LogP contribution is -2.57. The first-order chi connectivity index (χ1) is 16.1.